The first-order valence-electron chi connectivity index (χ1n) is 22.9. The van der Waals surface area contributed by atoms with Crippen molar-refractivity contribution in [1.82, 2.24) is 19.5 Å². The number of hydrogen-bond acceptors (Lipinski definition) is 4. The summed E-state index contributed by atoms with van der Waals surface area (Å²) in [6, 6.07) is 85.4. The lowest BCUT2D eigenvalue weighted by Gasteiger charge is -2.12. The normalized spacial score (nSPS) is 11.5. The quantitative estimate of drug-likeness (QED) is 0.153. The Morgan fingerprint density at radius 1 is 0.250 bits per heavy atom. The predicted octanol–water partition coefficient (Wildman–Crippen LogP) is 16.5. The number of aromatic nitrogens is 4. The molecule has 0 saturated carbocycles. The molecule has 68 heavy (non-hydrogen) atoms. The molecule has 3 aromatic heterocycles. The Hall–Kier alpha value is -9.19. The van der Waals surface area contributed by atoms with Gasteiger partial charge in [0, 0.05) is 43.9 Å². The van der Waals surface area contributed by atoms with E-state index in [2.05, 4.69) is 223 Å². The summed E-state index contributed by atoms with van der Waals surface area (Å²) < 4.78 is 8.48. The second-order valence-electron chi connectivity index (χ2n) is 17.2. The maximum absolute atomic E-state index is 6.13. The Bertz CT molecular complexity index is 3880. The lowest BCUT2D eigenvalue weighted by Crippen LogP contribution is -2.00. The molecule has 0 N–H and O–H groups in total. The van der Waals surface area contributed by atoms with Gasteiger partial charge in [-0.3, -0.25) is 0 Å². The van der Waals surface area contributed by atoms with Crippen molar-refractivity contribution in [2.45, 2.75) is 0 Å². The zero-order valence-electron chi connectivity index (χ0n) is 36.8. The molecular weight excluding hydrogens is 829 g/mol. The molecule has 0 radical (unpaired) electrons. The summed E-state index contributed by atoms with van der Waals surface area (Å²) in [6.45, 7) is 0. The molecule has 0 unspecified atom stereocenters. The van der Waals surface area contributed by atoms with Gasteiger partial charge in [0.15, 0.2) is 17.5 Å². The van der Waals surface area contributed by atoms with Crippen LogP contribution in [0.1, 0.15) is 0 Å². The SMILES string of the molecule is c1ccc(-c2ccc(-c3nc(-c4ccc(-c5ccccc5)cc4)nc(-c4ccc(-n5c6ccccc6c6cc(-c7cccc(-c8ccc9oc%10ccccc%10c9c8)c7)ccc65)cc4)n3)cc2)cc1. The molecule has 0 aliphatic carbocycles. The molecule has 0 spiro atoms. The highest BCUT2D eigenvalue weighted by atomic mass is 16.3. The molecule has 0 saturated heterocycles. The van der Waals surface area contributed by atoms with Crippen LogP contribution in [-0.2, 0) is 0 Å². The van der Waals surface area contributed by atoms with Crippen molar-refractivity contribution in [3.63, 3.8) is 0 Å². The molecule has 13 aromatic rings. The Morgan fingerprint density at radius 3 is 1.25 bits per heavy atom. The summed E-state index contributed by atoms with van der Waals surface area (Å²) in [5.74, 6) is 1.86. The van der Waals surface area contributed by atoms with Gasteiger partial charge < -0.3 is 8.98 Å². The molecule has 0 aliphatic heterocycles. The molecule has 318 valence electrons. The van der Waals surface area contributed by atoms with Crippen LogP contribution in [0.25, 0.3) is 128 Å². The summed E-state index contributed by atoms with van der Waals surface area (Å²) in [4.78, 5) is 15.3. The number of nitrogens with zero attached hydrogens (tertiary/aromatic N) is 4. The maximum atomic E-state index is 6.13. The third kappa shape index (κ3) is 7.02. The Balaban J connectivity index is 0.860. The zero-order chi connectivity index (χ0) is 45.0. The van der Waals surface area contributed by atoms with E-state index in [0.717, 1.165) is 94.3 Å². The van der Waals surface area contributed by atoms with Gasteiger partial charge in [-0.15, -0.1) is 0 Å². The number of fused-ring (bicyclic) bond motifs is 6. The van der Waals surface area contributed by atoms with E-state index >= 15 is 0 Å². The second-order valence-corrected chi connectivity index (χ2v) is 17.2. The van der Waals surface area contributed by atoms with E-state index in [0.29, 0.717) is 17.5 Å². The van der Waals surface area contributed by atoms with Gasteiger partial charge in [-0.1, -0.05) is 176 Å². The molecule has 5 heteroatoms. The fourth-order valence-corrected chi connectivity index (χ4v) is 9.62. The van der Waals surface area contributed by atoms with Crippen LogP contribution in [0.3, 0.4) is 0 Å². The number of para-hydroxylation sites is 2. The third-order valence-corrected chi connectivity index (χ3v) is 13.1. The van der Waals surface area contributed by atoms with Crippen LogP contribution < -0.4 is 0 Å². The topological polar surface area (TPSA) is 56.7 Å². The molecule has 5 nitrogen and oxygen atoms in total. The summed E-state index contributed by atoms with van der Waals surface area (Å²) in [7, 11) is 0. The molecule has 3 heterocycles. The van der Waals surface area contributed by atoms with Crippen molar-refractivity contribution < 1.29 is 4.42 Å². The highest BCUT2D eigenvalue weighted by Gasteiger charge is 2.17. The van der Waals surface area contributed by atoms with Crippen molar-refractivity contribution >= 4 is 43.7 Å². The Kier molecular flexibility index (Phi) is 9.43. The highest BCUT2D eigenvalue weighted by Crippen LogP contribution is 2.38. The molecule has 0 bridgehead atoms. The number of rotatable bonds is 8. The van der Waals surface area contributed by atoms with E-state index in [1.807, 2.05) is 24.3 Å². The highest BCUT2D eigenvalue weighted by molar-refractivity contribution is 6.11. The van der Waals surface area contributed by atoms with Crippen molar-refractivity contribution in [1.29, 1.82) is 0 Å². The summed E-state index contributed by atoms with van der Waals surface area (Å²) >= 11 is 0. The van der Waals surface area contributed by atoms with E-state index in [-0.39, 0.29) is 0 Å². The van der Waals surface area contributed by atoms with Crippen molar-refractivity contribution in [2.75, 3.05) is 0 Å². The zero-order valence-corrected chi connectivity index (χ0v) is 36.8. The lowest BCUT2D eigenvalue weighted by molar-refractivity contribution is 0.669. The van der Waals surface area contributed by atoms with Crippen LogP contribution in [0.2, 0.25) is 0 Å². The fraction of sp³-hybridized carbons (Fsp3) is 0. The van der Waals surface area contributed by atoms with Gasteiger partial charge in [0.25, 0.3) is 0 Å². The van der Waals surface area contributed by atoms with Crippen LogP contribution in [0, 0.1) is 0 Å². The van der Waals surface area contributed by atoms with Crippen LogP contribution in [0.4, 0.5) is 0 Å². The lowest BCUT2D eigenvalue weighted by atomic mass is 9.97. The summed E-state index contributed by atoms with van der Waals surface area (Å²) in [5.41, 5.74) is 17.2. The number of hydrogen-bond donors (Lipinski definition) is 0. The average molecular weight is 869 g/mol. The van der Waals surface area contributed by atoms with Crippen LogP contribution in [0.5, 0.6) is 0 Å². The monoisotopic (exact) mass is 868 g/mol. The summed E-state index contributed by atoms with van der Waals surface area (Å²) in [6.07, 6.45) is 0. The van der Waals surface area contributed by atoms with E-state index in [1.54, 1.807) is 0 Å². The van der Waals surface area contributed by atoms with Gasteiger partial charge in [-0.05, 0) is 111 Å². The minimum Gasteiger partial charge on any atom is -0.456 e. The Morgan fingerprint density at radius 2 is 0.647 bits per heavy atom. The predicted molar refractivity (Wildman–Crippen MR) is 279 cm³/mol. The second kappa shape index (κ2) is 16.4. The first-order chi connectivity index (χ1) is 33.7. The van der Waals surface area contributed by atoms with Crippen molar-refractivity contribution in [3.8, 4) is 84.4 Å². The first-order valence-corrected chi connectivity index (χ1v) is 22.9. The minimum absolute atomic E-state index is 0.614. The van der Waals surface area contributed by atoms with E-state index in [4.69, 9.17) is 19.4 Å². The molecule has 0 fully saturated rings. The van der Waals surface area contributed by atoms with E-state index in [1.165, 1.54) is 16.3 Å². The molecule has 0 atom stereocenters. The van der Waals surface area contributed by atoms with Gasteiger partial charge >= 0.3 is 0 Å². The van der Waals surface area contributed by atoms with Gasteiger partial charge in [0.1, 0.15) is 11.2 Å². The van der Waals surface area contributed by atoms with Gasteiger partial charge in [-0.25, -0.2) is 15.0 Å². The van der Waals surface area contributed by atoms with Crippen molar-refractivity contribution in [2.24, 2.45) is 0 Å². The molecule has 10 aromatic carbocycles. The van der Waals surface area contributed by atoms with Crippen LogP contribution in [-0.4, -0.2) is 19.5 Å². The third-order valence-electron chi connectivity index (χ3n) is 13.1. The molecule has 0 aliphatic rings. The Labute approximate surface area is 392 Å². The van der Waals surface area contributed by atoms with Crippen LogP contribution >= 0.6 is 0 Å². The van der Waals surface area contributed by atoms with E-state index in [9.17, 15) is 0 Å². The number of benzene rings is 10. The largest absolute Gasteiger partial charge is 0.456 e. The van der Waals surface area contributed by atoms with E-state index < -0.39 is 0 Å². The van der Waals surface area contributed by atoms with Gasteiger partial charge in [0.2, 0.25) is 0 Å². The standard InChI is InChI=1S/C63H40N4O/c1-3-12-41(13-4-1)43-22-26-45(27-23-43)61-64-62(46-28-24-44(25-29-46)42-14-5-2-6-15-42)66-63(65-61)47-30-34-52(35-31-47)67-57-20-9-7-18-53(57)55-39-50(32-36-58(55)67)48-16-11-17-49(38-48)51-33-37-60-56(40-51)54-19-8-10-21-59(54)68-60/h1-40H. The maximum Gasteiger partial charge on any atom is 0.164 e. The van der Waals surface area contributed by atoms with Gasteiger partial charge in [-0.2, -0.15) is 0 Å². The smallest absolute Gasteiger partial charge is 0.164 e. The van der Waals surface area contributed by atoms with Crippen molar-refractivity contribution in [3.05, 3.63) is 243 Å². The number of furan rings is 1. The molecule has 13 rings (SSSR count). The minimum atomic E-state index is 0.614. The summed E-state index contributed by atoms with van der Waals surface area (Å²) in [5, 5.41) is 4.66. The van der Waals surface area contributed by atoms with Gasteiger partial charge in [0.05, 0.1) is 11.0 Å². The first kappa shape index (κ1) is 39.2. The fourth-order valence-electron chi connectivity index (χ4n) is 9.62. The average Bonchev–Trinajstić information content (AvgIpc) is 3.96. The molecule has 0 amide bonds. The van der Waals surface area contributed by atoms with Crippen LogP contribution in [0.15, 0.2) is 247 Å². The molecular formula is C63H40N4O.